The molecule has 14 heavy (non-hydrogen) atoms. The van der Waals surface area contributed by atoms with Crippen LogP contribution in [-0.2, 0) is 9.59 Å². The number of β-lactam (4-membered cyclic amide) rings is 1. The number of carbonyl (C=O) groups excluding carboxylic acids is 2. The van der Waals surface area contributed by atoms with Crippen LogP contribution >= 0.6 is 23.5 Å². The monoisotopic (exact) mass is 235 g/mol. The molecule has 2 rings (SSSR count). The van der Waals surface area contributed by atoms with Gasteiger partial charge in [0.05, 0.1) is 4.75 Å². The Morgan fingerprint density at radius 3 is 2.64 bits per heavy atom. The Labute approximate surface area is 90.9 Å². The SMILES string of the molecule is CC1(C)S[C@@H]2CC(=O)[N+]2(Cl)[C@H]1C(=O)[O-]. The lowest BCUT2D eigenvalue weighted by molar-refractivity contribution is -0.794. The highest BCUT2D eigenvalue weighted by Crippen LogP contribution is 2.57. The molecule has 0 spiro atoms. The van der Waals surface area contributed by atoms with Crippen molar-refractivity contribution in [3.05, 3.63) is 0 Å². The summed E-state index contributed by atoms with van der Waals surface area (Å²) in [6.45, 7) is 3.57. The third-order valence-corrected chi connectivity index (χ3v) is 5.18. The van der Waals surface area contributed by atoms with E-state index in [2.05, 4.69) is 0 Å². The van der Waals surface area contributed by atoms with Crippen molar-refractivity contribution in [1.82, 2.24) is 0 Å². The van der Waals surface area contributed by atoms with E-state index >= 15 is 0 Å². The molecule has 2 aliphatic rings. The standard InChI is InChI=1S/C8H10ClNO3S/c1-8(2)6(7(12)13)10(9)4(11)3-5(10)14-8/h5-6H,3H2,1-2H3/t5-,6+,10?/m1/s1. The van der Waals surface area contributed by atoms with E-state index in [1.54, 1.807) is 13.8 Å². The van der Waals surface area contributed by atoms with Gasteiger partial charge in [0.15, 0.2) is 23.2 Å². The van der Waals surface area contributed by atoms with Gasteiger partial charge in [0.25, 0.3) is 0 Å². The number of thioether (sulfide) groups is 1. The molecule has 0 aromatic carbocycles. The number of carboxylic acids is 1. The maximum absolute atomic E-state index is 11.4. The number of quaternary nitrogens is 1. The third kappa shape index (κ3) is 1.00. The Morgan fingerprint density at radius 2 is 2.29 bits per heavy atom. The van der Waals surface area contributed by atoms with Crippen LogP contribution in [0.4, 0.5) is 0 Å². The van der Waals surface area contributed by atoms with Crippen molar-refractivity contribution in [3.63, 3.8) is 0 Å². The number of nitrogens with zero attached hydrogens (tertiary/aromatic N) is 1. The van der Waals surface area contributed by atoms with Gasteiger partial charge in [-0.2, -0.15) is 0 Å². The predicted octanol–water partition coefficient (Wildman–Crippen LogP) is -0.143. The van der Waals surface area contributed by atoms with E-state index in [1.165, 1.54) is 11.8 Å². The lowest BCUT2D eigenvalue weighted by Gasteiger charge is -2.40. The summed E-state index contributed by atoms with van der Waals surface area (Å²) in [5.74, 6) is -1.46. The minimum atomic E-state index is -1.24. The second-order valence-corrected chi connectivity index (χ2v) is 6.57. The molecule has 4 nitrogen and oxygen atoms in total. The first-order chi connectivity index (χ1) is 6.30. The molecule has 6 heteroatoms. The van der Waals surface area contributed by atoms with Crippen LogP contribution in [0.2, 0.25) is 0 Å². The summed E-state index contributed by atoms with van der Waals surface area (Å²) in [4.78, 5) is 22.4. The summed E-state index contributed by atoms with van der Waals surface area (Å²) in [6, 6.07) is -0.944. The summed E-state index contributed by atoms with van der Waals surface area (Å²) in [5, 5.41) is 10.9. The molecule has 3 atom stereocenters. The second kappa shape index (κ2) is 2.65. The van der Waals surface area contributed by atoms with Crippen LogP contribution in [0, 0.1) is 0 Å². The fourth-order valence-electron chi connectivity index (χ4n) is 2.20. The number of carbonyl (C=O) groups is 2. The molecular formula is C8H10ClNO3S. The molecule has 0 aromatic heterocycles. The van der Waals surface area contributed by atoms with Gasteiger partial charge in [-0.15, -0.1) is 4.00 Å². The molecular weight excluding hydrogens is 226 g/mol. The first-order valence-electron chi connectivity index (χ1n) is 4.30. The highest BCUT2D eigenvalue weighted by atomic mass is 35.5. The van der Waals surface area contributed by atoms with Crippen LogP contribution in [0.3, 0.4) is 0 Å². The molecule has 2 aliphatic heterocycles. The summed E-state index contributed by atoms with van der Waals surface area (Å²) < 4.78 is -1.04. The van der Waals surface area contributed by atoms with Gasteiger partial charge in [-0.3, -0.25) is 0 Å². The minimum Gasteiger partial charge on any atom is -0.544 e. The maximum Gasteiger partial charge on any atom is 0.340 e. The lowest BCUT2D eigenvalue weighted by Crippen LogP contribution is -2.68. The van der Waals surface area contributed by atoms with Crippen molar-refractivity contribution in [2.75, 3.05) is 0 Å². The van der Waals surface area contributed by atoms with Crippen LogP contribution in [0.5, 0.6) is 0 Å². The quantitative estimate of drug-likeness (QED) is 0.469. The molecule has 2 saturated heterocycles. The maximum atomic E-state index is 11.4. The number of halogens is 1. The zero-order chi connectivity index (χ0) is 10.7. The van der Waals surface area contributed by atoms with Crippen LogP contribution in [0.15, 0.2) is 0 Å². The second-order valence-electron chi connectivity index (χ2n) is 4.18. The number of fused-ring (bicyclic) bond motifs is 1. The van der Waals surface area contributed by atoms with Gasteiger partial charge in [0.1, 0.15) is 12.4 Å². The number of aliphatic carboxylic acids is 1. The fourth-order valence-corrected chi connectivity index (χ4v) is 4.55. The van der Waals surface area contributed by atoms with Crippen molar-refractivity contribution in [2.24, 2.45) is 0 Å². The normalized spacial score (nSPS) is 44.4. The van der Waals surface area contributed by atoms with Crippen LogP contribution in [-0.4, -0.2) is 32.0 Å². The lowest BCUT2D eigenvalue weighted by atomic mass is 9.98. The van der Waals surface area contributed by atoms with Gasteiger partial charge in [-0.05, 0) is 13.8 Å². The van der Waals surface area contributed by atoms with Crippen LogP contribution in [0.1, 0.15) is 20.3 Å². The Balaban J connectivity index is 2.43. The molecule has 0 aliphatic carbocycles. The molecule has 0 bridgehead atoms. The van der Waals surface area contributed by atoms with Gasteiger partial charge in [0, 0.05) is 0 Å². The molecule has 2 fully saturated rings. The first-order valence-corrected chi connectivity index (χ1v) is 5.52. The summed E-state index contributed by atoms with van der Waals surface area (Å²) in [5.41, 5.74) is 0. The van der Waals surface area contributed by atoms with Crippen molar-refractivity contribution in [3.8, 4) is 0 Å². The van der Waals surface area contributed by atoms with Crippen molar-refractivity contribution >= 4 is 35.4 Å². The third-order valence-electron chi connectivity index (χ3n) is 2.85. The largest absolute Gasteiger partial charge is 0.544 e. The summed E-state index contributed by atoms with van der Waals surface area (Å²) in [7, 11) is 0. The van der Waals surface area contributed by atoms with Gasteiger partial charge in [0.2, 0.25) is 0 Å². The molecule has 2 heterocycles. The Hall–Kier alpha value is -0.260. The molecule has 1 amide bonds. The molecule has 0 radical (unpaired) electrons. The molecule has 1 unspecified atom stereocenters. The van der Waals surface area contributed by atoms with E-state index in [1.807, 2.05) is 0 Å². The van der Waals surface area contributed by atoms with Gasteiger partial charge < -0.3 is 9.90 Å². The summed E-state index contributed by atoms with van der Waals surface area (Å²) >= 11 is 7.50. The van der Waals surface area contributed by atoms with E-state index < -0.39 is 20.8 Å². The Bertz CT molecular complexity index is 333. The molecule has 0 aromatic rings. The zero-order valence-corrected chi connectivity index (χ0v) is 9.39. The van der Waals surface area contributed by atoms with Crippen molar-refractivity contribution in [2.45, 2.75) is 36.4 Å². The van der Waals surface area contributed by atoms with Gasteiger partial charge in [-0.25, -0.2) is 4.79 Å². The molecule has 0 N–H and O–H groups in total. The predicted molar refractivity (Wildman–Crippen MR) is 50.0 cm³/mol. The summed E-state index contributed by atoms with van der Waals surface area (Å²) in [6.07, 6.45) is 0.362. The van der Waals surface area contributed by atoms with Crippen molar-refractivity contribution in [1.29, 1.82) is 0 Å². The van der Waals surface area contributed by atoms with Gasteiger partial charge >= 0.3 is 5.91 Å². The van der Waals surface area contributed by atoms with E-state index in [9.17, 15) is 14.7 Å². The average Bonchev–Trinajstić information content (AvgIpc) is 2.17. The van der Waals surface area contributed by atoms with E-state index in [0.717, 1.165) is 0 Å². The van der Waals surface area contributed by atoms with E-state index in [-0.39, 0.29) is 11.3 Å². The number of hydrogen-bond donors (Lipinski definition) is 0. The Morgan fingerprint density at radius 1 is 1.71 bits per heavy atom. The van der Waals surface area contributed by atoms with Crippen molar-refractivity contribution < 1.29 is 18.7 Å². The highest BCUT2D eigenvalue weighted by molar-refractivity contribution is 8.01. The molecule has 0 saturated carbocycles. The van der Waals surface area contributed by atoms with E-state index in [4.69, 9.17) is 11.8 Å². The fraction of sp³-hybridized carbons (Fsp3) is 0.750. The smallest absolute Gasteiger partial charge is 0.340 e. The van der Waals surface area contributed by atoms with Gasteiger partial charge in [-0.1, -0.05) is 11.8 Å². The number of hydrogen-bond acceptors (Lipinski definition) is 4. The number of rotatable bonds is 1. The number of carboxylic acid groups (broad SMARTS) is 1. The topological polar surface area (TPSA) is 57.2 Å². The van der Waals surface area contributed by atoms with E-state index in [0.29, 0.717) is 6.42 Å². The van der Waals surface area contributed by atoms with Crippen LogP contribution in [0.25, 0.3) is 0 Å². The molecule has 78 valence electrons. The number of amides is 1. The average molecular weight is 236 g/mol. The first kappa shape index (κ1) is 10.3. The highest BCUT2D eigenvalue weighted by Gasteiger charge is 2.71. The Kier molecular flexibility index (Phi) is 1.94. The minimum absolute atomic E-state index is 0.123. The van der Waals surface area contributed by atoms with Crippen LogP contribution < -0.4 is 5.11 Å². The zero-order valence-electron chi connectivity index (χ0n) is 7.82.